The van der Waals surface area contributed by atoms with Crippen LogP contribution in [0.25, 0.3) is 0 Å². The second kappa shape index (κ2) is 5.07. The number of hydrogen-bond acceptors (Lipinski definition) is 4. The molecule has 1 aromatic rings. The van der Waals surface area contributed by atoms with Crippen LogP contribution >= 0.6 is 0 Å². The summed E-state index contributed by atoms with van der Waals surface area (Å²) in [5.74, 6) is 0. The smallest absolute Gasteiger partial charge is 0.208 e. The minimum Gasteiger partial charge on any atom is -0.298 e. The number of nitrogens with zero attached hydrogens (tertiary/aromatic N) is 3. The predicted octanol–water partition coefficient (Wildman–Crippen LogP) is 0.632. The Bertz CT molecular complexity index is 631. The molecule has 6 nitrogen and oxygen atoms in total. The van der Waals surface area contributed by atoms with E-state index >= 15 is 0 Å². The van der Waals surface area contributed by atoms with Crippen LogP contribution in [-0.2, 0) is 23.6 Å². The highest BCUT2D eigenvalue weighted by Gasteiger charge is 2.48. The first kappa shape index (κ1) is 15.0. The fourth-order valence-electron chi connectivity index (χ4n) is 3.91. The molecule has 118 valence electrons. The maximum atomic E-state index is 11.3. The van der Waals surface area contributed by atoms with Crippen molar-refractivity contribution in [2.75, 3.05) is 19.3 Å². The summed E-state index contributed by atoms with van der Waals surface area (Å²) < 4.78 is 27.1. The molecule has 0 atom stereocenters. The minimum absolute atomic E-state index is 0.139. The van der Waals surface area contributed by atoms with Crippen LogP contribution < -0.4 is 4.72 Å². The quantitative estimate of drug-likeness (QED) is 0.885. The Hall–Kier alpha value is -0.920. The van der Waals surface area contributed by atoms with Crippen molar-refractivity contribution in [3.8, 4) is 0 Å². The molecule has 0 bridgehead atoms. The van der Waals surface area contributed by atoms with Gasteiger partial charge in [0.05, 0.1) is 11.9 Å². The zero-order chi connectivity index (χ0) is 15.3. The number of hydrogen-bond donors (Lipinski definition) is 1. The van der Waals surface area contributed by atoms with Crippen LogP contribution in [0.2, 0.25) is 0 Å². The van der Waals surface area contributed by atoms with E-state index in [2.05, 4.69) is 27.8 Å². The van der Waals surface area contributed by atoms with E-state index in [9.17, 15) is 8.42 Å². The van der Waals surface area contributed by atoms with Crippen LogP contribution in [0.5, 0.6) is 0 Å². The summed E-state index contributed by atoms with van der Waals surface area (Å²) in [6.45, 7) is 5.17. The van der Waals surface area contributed by atoms with Gasteiger partial charge in [-0.15, -0.1) is 0 Å². The van der Waals surface area contributed by atoms with Crippen LogP contribution in [-0.4, -0.2) is 48.5 Å². The molecule has 3 rings (SSSR count). The number of aromatic nitrogens is 2. The molecule has 2 fully saturated rings. The highest BCUT2D eigenvalue weighted by atomic mass is 32.2. The summed E-state index contributed by atoms with van der Waals surface area (Å²) in [4.78, 5) is 2.47. The minimum atomic E-state index is -3.07. The second-order valence-electron chi connectivity index (χ2n) is 6.87. The van der Waals surface area contributed by atoms with Crippen LogP contribution in [0, 0.1) is 12.3 Å². The highest BCUT2D eigenvalue weighted by molar-refractivity contribution is 7.88. The molecular weight excluding hydrogens is 288 g/mol. The largest absolute Gasteiger partial charge is 0.298 e. The van der Waals surface area contributed by atoms with E-state index in [4.69, 9.17) is 0 Å². The van der Waals surface area contributed by atoms with Crippen molar-refractivity contribution in [1.29, 1.82) is 0 Å². The Morgan fingerprint density at radius 3 is 2.76 bits per heavy atom. The maximum absolute atomic E-state index is 11.3. The summed E-state index contributed by atoms with van der Waals surface area (Å²) in [6.07, 6.45) is 6.46. The van der Waals surface area contributed by atoms with E-state index in [1.165, 1.54) is 18.2 Å². The van der Waals surface area contributed by atoms with Crippen molar-refractivity contribution in [3.63, 3.8) is 0 Å². The Morgan fingerprint density at radius 2 is 2.19 bits per heavy atom. The Balaban J connectivity index is 1.54. The van der Waals surface area contributed by atoms with Gasteiger partial charge >= 0.3 is 0 Å². The number of sulfonamides is 1. The highest BCUT2D eigenvalue weighted by Crippen LogP contribution is 2.48. The molecule has 0 unspecified atom stereocenters. The van der Waals surface area contributed by atoms with Gasteiger partial charge in [-0.1, -0.05) is 0 Å². The predicted molar refractivity (Wildman–Crippen MR) is 81.3 cm³/mol. The van der Waals surface area contributed by atoms with Crippen LogP contribution in [0.1, 0.15) is 30.5 Å². The molecule has 21 heavy (non-hydrogen) atoms. The molecule has 0 amide bonds. The van der Waals surface area contributed by atoms with Crippen molar-refractivity contribution in [2.24, 2.45) is 12.5 Å². The molecular formula is C14H24N4O2S. The van der Waals surface area contributed by atoms with E-state index in [1.54, 1.807) is 0 Å². The molecule has 0 radical (unpaired) electrons. The van der Waals surface area contributed by atoms with E-state index < -0.39 is 10.0 Å². The summed E-state index contributed by atoms with van der Waals surface area (Å²) in [7, 11) is -1.12. The first-order valence-corrected chi connectivity index (χ1v) is 9.33. The summed E-state index contributed by atoms with van der Waals surface area (Å²) in [5.41, 5.74) is 2.72. The molecule has 2 aliphatic rings. The fraction of sp³-hybridized carbons (Fsp3) is 0.786. The number of likely N-dealkylation sites (tertiary alicyclic amines) is 1. The first-order valence-electron chi connectivity index (χ1n) is 7.44. The van der Waals surface area contributed by atoms with Gasteiger partial charge in [0.1, 0.15) is 0 Å². The number of aryl methyl sites for hydroxylation is 2. The van der Waals surface area contributed by atoms with Gasteiger partial charge in [0.2, 0.25) is 10.0 Å². The van der Waals surface area contributed by atoms with Crippen molar-refractivity contribution in [2.45, 2.75) is 38.8 Å². The van der Waals surface area contributed by atoms with E-state index in [-0.39, 0.29) is 6.04 Å². The molecule has 1 saturated carbocycles. The van der Waals surface area contributed by atoms with Crippen molar-refractivity contribution in [1.82, 2.24) is 19.4 Å². The van der Waals surface area contributed by atoms with Crippen molar-refractivity contribution < 1.29 is 8.42 Å². The first-order chi connectivity index (χ1) is 9.75. The van der Waals surface area contributed by atoms with Gasteiger partial charge in [0, 0.05) is 37.9 Å². The number of rotatable bonds is 4. The van der Waals surface area contributed by atoms with Gasteiger partial charge in [-0.3, -0.25) is 9.58 Å². The third-order valence-electron chi connectivity index (χ3n) is 4.77. The molecule has 1 N–H and O–H groups in total. The molecule has 7 heteroatoms. The fourth-order valence-corrected chi connectivity index (χ4v) is 4.68. The lowest BCUT2D eigenvalue weighted by Crippen LogP contribution is -2.51. The molecule has 1 aliphatic carbocycles. The monoisotopic (exact) mass is 312 g/mol. The summed E-state index contributed by atoms with van der Waals surface area (Å²) in [5, 5.41) is 4.39. The topological polar surface area (TPSA) is 67.2 Å². The van der Waals surface area contributed by atoms with Crippen molar-refractivity contribution in [3.05, 3.63) is 17.5 Å². The van der Waals surface area contributed by atoms with Gasteiger partial charge in [-0.25, -0.2) is 13.1 Å². The van der Waals surface area contributed by atoms with E-state index in [0.29, 0.717) is 5.41 Å². The summed E-state index contributed by atoms with van der Waals surface area (Å²) in [6, 6.07) is 0.139. The van der Waals surface area contributed by atoms with Gasteiger partial charge in [0.15, 0.2) is 0 Å². The van der Waals surface area contributed by atoms with Crippen molar-refractivity contribution >= 4 is 10.0 Å². The zero-order valence-electron chi connectivity index (χ0n) is 13.0. The standard InChI is InChI=1S/C14H24N4O2S/c1-11-12(8-17(2)15-11)9-18-5-4-14(10-18)6-13(7-14)16-21(3,19)20/h8,13,16H,4-7,9-10H2,1-3H3. The van der Waals surface area contributed by atoms with Crippen LogP contribution in [0.15, 0.2) is 6.20 Å². The average Bonchev–Trinajstić information content (AvgIpc) is 2.82. The Labute approximate surface area is 126 Å². The molecule has 2 heterocycles. The molecule has 1 aliphatic heterocycles. The van der Waals surface area contributed by atoms with Gasteiger partial charge in [0.25, 0.3) is 0 Å². The van der Waals surface area contributed by atoms with Crippen LogP contribution in [0.4, 0.5) is 0 Å². The lowest BCUT2D eigenvalue weighted by molar-refractivity contribution is 0.101. The normalized spacial score (nSPS) is 30.0. The maximum Gasteiger partial charge on any atom is 0.208 e. The molecule has 1 spiro atoms. The van der Waals surface area contributed by atoms with Gasteiger partial charge in [-0.05, 0) is 38.1 Å². The zero-order valence-corrected chi connectivity index (χ0v) is 13.8. The van der Waals surface area contributed by atoms with Gasteiger partial charge < -0.3 is 0 Å². The van der Waals surface area contributed by atoms with Gasteiger partial charge in [-0.2, -0.15) is 5.10 Å². The Morgan fingerprint density at radius 1 is 1.48 bits per heavy atom. The number of nitrogens with one attached hydrogen (secondary N) is 1. The molecule has 0 aromatic carbocycles. The lowest BCUT2D eigenvalue weighted by Gasteiger charge is -2.45. The second-order valence-corrected chi connectivity index (χ2v) is 8.65. The van der Waals surface area contributed by atoms with E-state index in [1.807, 2.05) is 11.7 Å². The molecule has 1 saturated heterocycles. The molecule has 1 aromatic heterocycles. The third-order valence-corrected chi connectivity index (χ3v) is 5.53. The SMILES string of the molecule is Cc1nn(C)cc1CN1CCC2(CC(NS(C)(=O)=O)C2)C1. The van der Waals surface area contributed by atoms with E-state index in [0.717, 1.165) is 38.2 Å². The lowest BCUT2D eigenvalue weighted by atomic mass is 9.65. The summed E-state index contributed by atoms with van der Waals surface area (Å²) >= 11 is 0. The average molecular weight is 312 g/mol. The van der Waals surface area contributed by atoms with Crippen LogP contribution in [0.3, 0.4) is 0 Å². The third kappa shape index (κ3) is 3.30. The Kier molecular flexibility index (Phi) is 3.62.